The van der Waals surface area contributed by atoms with E-state index in [4.69, 9.17) is 14.2 Å². The SMILES string of the molecule is CO[C@H]1CCO[C@H](C(=O)N[C@H](C#N)Cc2ccc(-c3cc4c(C)nc(C)cn4c3)cc2F)CN(C(=O)OC(C)(C)C)C1. The number of benzene rings is 1. The van der Waals surface area contributed by atoms with Crippen molar-refractivity contribution in [1.82, 2.24) is 19.6 Å². The van der Waals surface area contributed by atoms with Crippen molar-refractivity contribution in [1.29, 1.82) is 5.26 Å². The second kappa shape index (κ2) is 12.9. The topological polar surface area (TPSA) is 118 Å². The first-order valence-electron chi connectivity index (χ1n) is 13.9. The van der Waals surface area contributed by atoms with Crippen molar-refractivity contribution >= 4 is 17.5 Å². The highest BCUT2D eigenvalue weighted by Gasteiger charge is 2.33. The number of fused-ring (bicyclic) bond motifs is 1. The Hall–Kier alpha value is -4.01. The van der Waals surface area contributed by atoms with Gasteiger partial charge in [0.25, 0.3) is 5.91 Å². The minimum Gasteiger partial charge on any atom is -0.444 e. The van der Waals surface area contributed by atoms with Crippen LogP contribution in [0.25, 0.3) is 16.6 Å². The molecule has 4 rings (SSSR count). The molecule has 1 N–H and O–H groups in total. The molecule has 3 atom stereocenters. The summed E-state index contributed by atoms with van der Waals surface area (Å²) in [5.74, 6) is -1.05. The van der Waals surface area contributed by atoms with Crippen molar-refractivity contribution in [2.45, 2.75) is 71.3 Å². The van der Waals surface area contributed by atoms with E-state index in [1.807, 2.05) is 42.8 Å². The summed E-state index contributed by atoms with van der Waals surface area (Å²) in [6, 6.07) is 7.84. The van der Waals surface area contributed by atoms with Crippen LogP contribution in [0.2, 0.25) is 0 Å². The lowest BCUT2D eigenvalue weighted by molar-refractivity contribution is -0.137. The van der Waals surface area contributed by atoms with Gasteiger partial charge >= 0.3 is 6.09 Å². The van der Waals surface area contributed by atoms with Crippen molar-refractivity contribution in [2.75, 3.05) is 26.8 Å². The molecule has 2 amide bonds. The zero-order valence-electron chi connectivity index (χ0n) is 24.9. The summed E-state index contributed by atoms with van der Waals surface area (Å²) in [5, 5.41) is 12.4. The zero-order chi connectivity index (χ0) is 30.6. The van der Waals surface area contributed by atoms with Gasteiger partial charge in [-0.15, -0.1) is 0 Å². The molecular weight excluding hydrogens is 541 g/mol. The fraction of sp³-hybridized carbons (Fsp3) is 0.484. The molecule has 224 valence electrons. The van der Waals surface area contributed by atoms with E-state index in [-0.39, 0.29) is 32.2 Å². The summed E-state index contributed by atoms with van der Waals surface area (Å²) >= 11 is 0. The minimum atomic E-state index is -1.04. The summed E-state index contributed by atoms with van der Waals surface area (Å²) in [5.41, 5.74) is 3.80. The summed E-state index contributed by atoms with van der Waals surface area (Å²) in [4.78, 5) is 31.9. The quantitative estimate of drug-likeness (QED) is 0.461. The smallest absolute Gasteiger partial charge is 0.410 e. The molecule has 0 bridgehead atoms. The van der Waals surface area contributed by atoms with Gasteiger partial charge in [0, 0.05) is 31.5 Å². The van der Waals surface area contributed by atoms with Gasteiger partial charge < -0.3 is 28.8 Å². The summed E-state index contributed by atoms with van der Waals surface area (Å²) in [6.07, 6.45) is 2.35. The van der Waals surface area contributed by atoms with Gasteiger partial charge in [-0.2, -0.15) is 5.26 Å². The van der Waals surface area contributed by atoms with Crippen LogP contribution < -0.4 is 5.32 Å². The van der Waals surface area contributed by atoms with Gasteiger partial charge in [0.2, 0.25) is 0 Å². The lowest BCUT2D eigenvalue weighted by Gasteiger charge is -2.34. The molecular formula is C31H38FN5O5. The second-order valence-corrected chi connectivity index (χ2v) is 11.6. The molecule has 1 aliphatic heterocycles. The Labute approximate surface area is 245 Å². The van der Waals surface area contributed by atoms with Crippen LogP contribution in [-0.2, 0) is 25.4 Å². The number of hydrogen-bond donors (Lipinski definition) is 1. The number of aromatic nitrogens is 2. The molecule has 3 heterocycles. The fourth-order valence-corrected chi connectivity index (χ4v) is 4.93. The Balaban J connectivity index is 1.45. The third-order valence-electron chi connectivity index (χ3n) is 7.02. The highest BCUT2D eigenvalue weighted by atomic mass is 19.1. The van der Waals surface area contributed by atoms with Gasteiger partial charge in [0.15, 0.2) is 6.10 Å². The average molecular weight is 580 g/mol. The third-order valence-corrected chi connectivity index (χ3v) is 7.02. The molecule has 1 fully saturated rings. The molecule has 1 aromatic carbocycles. The normalized spacial score (nSPS) is 18.6. The molecule has 0 aliphatic carbocycles. The van der Waals surface area contributed by atoms with E-state index >= 15 is 4.39 Å². The number of amides is 2. The van der Waals surface area contributed by atoms with E-state index in [1.165, 1.54) is 11.0 Å². The van der Waals surface area contributed by atoms with Crippen molar-refractivity contribution in [3.63, 3.8) is 0 Å². The van der Waals surface area contributed by atoms with E-state index in [1.54, 1.807) is 40.0 Å². The maximum atomic E-state index is 15.2. The summed E-state index contributed by atoms with van der Waals surface area (Å²) in [6.45, 7) is 9.50. The lowest BCUT2D eigenvalue weighted by atomic mass is 10.0. The first kappa shape index (κ1) is 30.9. The molecule has 11 heteroatoms. The molecule has 0 unspecified atom stereocenters. The molecule has 1 aliphatic rings. The number of nitrogens with zero attached hydrogens (tertiary/aromatic N) is 4. The maximum Gasteiger partial charge on any atom is 0.410 e. The van der Waals surface area contributed by atoms with Gasteiger partial charge in [-0.05, 0) is 64.3 Å². The van der Waals surface area contributed by atoms with Gasteiger partial charge in [-0.1, -0.05) is 12.1 Å². The fourth-order valence-electron chi connectivity index (χ4n) is 4.93. The molecule has 2 aromatic heterocycles. The third kappa shape index (κ3) is 7.63. The molecule has 1 saturated heterocycles. The van der Waals surface area contributed by atoms with E-state index < -0.39 is 35.6 Å². The van der Waals surface area contributed by atoms with Crippen molar-refractivity contribution in [3.05, 3.63) is 59.4 Å². The van der Waals surface area contributed by atoms with Gasteiger partial charge in [-0.25, -0.2) is 9.18 Å². The summed E-state index contributed by atoms with van der Waals surface area (Å²) in [7, 11) is 1.55. The predicted molar refractivity (Wildman–Crippen MR) is 154 cm³/mol. The number of hydrogen-bond acceptors (Lipinski definition) is 7. The number of carbonyl (C=O) groups excluding carboxylic acids is 2. The second-order valence-electron chi connectivity index (χ2n) is 11.6. The van der Waals surface area contributed by atoms with E-state index in [0.717, 1.165) is 22.5 Å². The minimum absolute atomic E-state index is 0.0391. The van der Waals surface area contributed by atoms with E-state index in [0.29, 0.717) is 17.5 Å². The molecule has 0 radical (unpaired) electrons. The van der Waals surface area contributed by atoms with Crippen molar-refractivity contribution in [2.24, 2.45) is 0 Å². The number of nitrogens with one attached hydrogen (secondary N) is 1. The van der Waals surface area contributed by atoms with Crippen molar-refractivity contribution < 1.29 is 28.2 Å². The number of nitriles is 1. The predicted octanol–water partition coefficient (Wildman–Crippen LogP) is 4.35. The number of rotatable bonds is 6. The Bertz CT molecular complexity index is 1490. The molecule has 0 saturated carbocycles. The zero-order valence-corrected chi connectivity index (χ0v) is 24.9. The van der Waals surface area contributed by atoms with Crippen molar-refractivity contribution in [3.8, 4) is 17.2 Å². The first-order valence-corrected chi connectivity index (χ1v) is 13.9. The highest BCUT2D eigenvalue weighted by Crippen LogP contribution is 2.26. The van der Waals surface area contributed by atoms with Crippen LogP contribution in [0.5, 0.6) is 0 Å². The van der Waals surface area contributed by atoms with Crippen LogP contribution in [-0.4, -0.2) is 76.9 Å². The van der Waals surface area contributed by atoms with Crippen LogP contribution >= 0.6 is 0 Å². The number of halogens is 1. The largest absolute Gasteiger partial charge is 0.444 e. The Kier molecular flexibility index (Phi) is 9.49. The molecule has 0 spiro atoms. The van der Waals surface area contributed by atoms with Crippen LogP contribution in [0.4, 0.5) is 9.18 Å². The standard InChI is InChI=1S/C31H38FN5O5/c1-19-15-36-16-23(13-27(36)20(2)34-19)21-7-8-22(26(32)12-21)11-24(14-33)35-29(38)28-18-37(30(39)42-31(3,4)5)17-25(40-6)9-10-41-28/h7-8,12-13,15-16,24-25,28H,9-11,17-18H2,1-6H3,(H,35,38)/t24-,25-,28-/m0/s1. The van der Waals surface area contributed by atoms with Gasteiger partial charge in [-0.3, -0.25) is 9.78 Å². The van der Waals surface area contributed by atoms with E-state index in [9.17, 15) is 14.9 Å². The maximum absolute atomic E-state index is 15.2. The molecule has 3 aromatic rings. The first-order chi connectivity index (χ1) is 19.9. The Morgan fingerprint density at radius 3 is 2.64 bits per heavy atom. The summed E-state index contributed by atoms with van der Waals surface area (Å²) < 4.78 is 33.9. The van der Waals surface area contributed by atoms with Gasteiger partial charge in [0.05, 0.1) is 48.8 Å². The number of carbonyl (C=O) groups is 2. The molecule has 42 heavy (non-hydrogen) atoms. The van der Waals surface area contributed by atoms with Crippen LogP contribution in [0.3, 0.4) is 0 Å². The Morgan fingerprint density at radius 1 is 1.21 bits per heavy atom. The van der Waals surface area contributed by atoms with Crippen LogP contribution in [0.1, 0.15) is 44.1 Å². The monoisotopic (exact) mass is 579 g/mol. The van der Waals surface area contributed by atoms with Gasteiger partial charge in [0.1, 0.15) is 17.5 Å². The van der Waals surface area contributed by atoms with E-state index in [2.05, 4.69) is 10.3 Å². The lowest BCUT2D eigenvalue weighted by Crippen LogP contribution is -2.53. The number of ether oxygens (including phenoxy) is 3. The average Bonchev–Trinajstić information content (AvgIpc) is 3.32. The number of aryl methyl sites for hydroxylation is 2. The highest BCUT2D eigenvalue weighted by molar-refractivity contribution is 5.82. The Morgan fingerprint density at radius 2 is 1.98 bits per heavy atom. The van der Waals surface area contributed by atoms with Crippen LogP contribution in [0, 0.1) is 31.0 Å². The molecule has 10 nitrogen and oxygen atoms in total. The van der Waals surface area contributed by atoms with Crippen LogP contribution in [0.15, 0.2) is 36.7 Å². The number of methoxy groups -OCH3 is 1.